The molecule has 6 heteroatoms. The molecule has 0 bridgehead atoms. The van der Waals surface area contributed by atoms with Crippen LogP contribution in [0.3, 0.4) is 0 Å². The highest BCUT2D eigenvalue weighted by molar-refractivity contribution is 5.80. The number of nitriles is 2. The molecule has 1 aliphatic carbocycles. The molecule has 1 aliphatic heterocycles. The molecule has 2 fully saturated rings. The lowest BCUT2D eigenvalue weighted by Crippen LogP contribution is -2.51. The minimum atomic E-state index is -0.485. The predicted molar refractivity (Wildman–Crippen MR) is 75.8 cm³/mol. The lowest BCUT2D eigenvalue weighted by atomic mass is 9.93. The molecule has 1 saturated heterocycles. The van der Waals surface area contributed by atoms with Gasteiger partial charge in [-0.1, -0.05) is 12.8 Å². The Morgan fingerprint density at radius 1 is 1.24 bits per heavy atom. The summed E-state index contributed by atoms with van der Waals surface area (Å²) in [6.07, 6.45) is 5.92. The fraction of sp³-hybridized carbons (Fsp3) is 0.800. The van der Waals surface area contributed by atoms with Gasteiger partial charge < -0.3 is 15.3 Å². The van der Waals surface area contributed by atoms with E-state index >= 15 is 0 Å². The van der Waals surface area contributed by atoms with Gasteiger partial charge in [0.1, 0.15) is 12.1 Å². The van der Waals surface area contributed by atoms with Crippen molar-refractivity contribution in [3.63, 3.8) is 0 Å². The molecule has 21 heavy (non-hydrogen) atoms. The van der Waals surface area contributed by atoms with Crippen molar-refractivity contribution in [2.45, 2.75) is 62.6 Å². The highest BCUT2D eigenvalue weighted by Gasteiger charge is 2.39. The first-order chi connectivity index (χ1) is 10.2. The van der Waals surface area contributed by atoms with Gasteiger partial charge in [-0.2, -0.15) is 10.5 Å². The van der Waals surface area contributed by atoms with Crippen LogP contribution in [-0.4, -0.2) is 46.7 Å². The third-order valence-corrected chi connectivity index (χ3v) is 4.74. The van der Waals surface area contributed by atoms with Crippen molar-refractivity contribution in [3.8, 4) is 12.1 Å². The molecule has 1 saturated carbocycles. The second kappa shape index (κ2) is 6.89. The molecule has 1 amide bonds. The summed E-state index contributed by atoms with van der Waals surface area (Å²) in [5.74, 6) is -0.185. The molecule has 0 unspecified atom stereocenters. The molecule has 0 radical (unpaired) electrons. The maximum Gasteiger partial charge on any atom is 0.238 e. The summed E-state index contributed by atoms with van der Waals surface area (Å²) in [6.45, 7) is 0.239. The number of likely N-dealkylation sites (tertiary alicyclic amines) is 1. The van der Waals surface area contributed by atoms with Crippen molar-refractivity contribution < 1.29 is 9.90 Å². The van der Waals surface area contributed by atoms with Gasteiger partial charge in [0, 0.05) is 12.1 Å². The van der Waals surface area contributed by atoms with Crippen LogP contribution in [0.15, 0.2) is 0 Å². The highest BCUT2D eigenvalue weighted by Crippen LogP contribution is 2.32. The van der Waals surface area contributed by atoms with Crippen molar-refractivity contribution in [2.24, 2.45) is 0 Å². The van der Waals surface area contributed by atoms with Gasteiger partial charge in [-0.25, -0.2) is 0 Å². The quantitative estimate of drug-likeness (QED) is 0.775. The summed E-state index contributed by atoms with van der Waals surface area (Å²) in [7, 11) is 0. The Labute approximate surface area is 125 Å². The second-order valence-electron chi connectivity index (χ2n) is 5.98. The first-order valence-electron chi connectivity index (χ1n) is 7.62. The van der Waals surface area contributed by atoms with Gasteiger partial charge in [0.25, 0.3) is 0 Å². The molecule has 2 aliphatic rings. The molecular weight excluding hydrogens is 268 g/mol. The van der Waals surface area contributed by atoms with Crippen LogP contribution in [0.25, 0.3) is 0 Å². The Kier molecular flexibility index (Phi) is 5.17. The molecule has 2 N–H and O–H groups in total. The molecule has 2 rings (SSSR count). The van der Waals surface area contributed by atoms with E-state index in [2.05, 4.69) is 17.5 Å². The third-order valence-electron chi connectivity index (χ3n) is 4.74. The zero-order valence-corrected chi connectivity index (χ0v) is 12.2. The third kappa shape index (κ3) is 3.34. The van der Waals surface area contributed by atoms with Gasteiger partial charge in [-0.05, 0) is 32.1 Å². The molecule has 6 nitrogen and oxygen atoms in total. The molecule has 2 atom stereocenters. The van der Waals surface area contributed by atoms with E-state index in [4.69, 9.17) is 10.5 Å². The fourth-order valence-corrected chi connectivity index (χ4v) is 3.55. The molecule has 114 valence electrons. The number of nitrogens with zero attached hydrogens (tertiary/aromatic N) is 3. The van der Waals surface area contributed by atoms with Crippen molar-refractivity contribution in [3.05, 3.63) is 0 Å². The van der Waals surface area contributed by atoms with Gasteiger partial charge in [0.05, 0.1) is 18.7 Å². The first-order valence-corrected chi connectivity index (χ1v) is 7.62. The number of hydrogen-bond acceptors (Lipinski definition) is 5. The van der Waals surface area contributed by atoms with E-state index in [-0.39, 0.29) is 24.6 Å². The summed E-state index contributed by atoms with van der Waals surface area (Å²) < 4.78 is 0. The van der Waals surface area contributed by atoms with Crippen LogP contribution in [0.1, 0.15) is 44.9 Å². The zero-order valence-electron chi connectivity index (χ0n) is 12.2. The number of nitrogens with one attached hydrogen (secondary N) is 1. The van der Waals surface area contributed by atoms with E-state index in [9.17, 15) is 9.90 Å². The Morgan fingerprint density at radius 3 is 2.29 bits per heavy atom. The Balaban J connectivity index is 1.97. The Hall–Kier alpha value is -1.63. The maximum absolute atomic E-state index is 12.4. The predicted octanol–water partition coefficient (Wildman–Crippen LogP) is 0.678. The molecule has 0 spiro atoms. The van der Waals surface area contributed by atoms with Crippen LogP contribution >= 0.6 is 0 Å². The molecular formula is C15H22N4O2. The van der Waals surface area contributed by atoms with Gasteiger partial charge in [-0.3, -0.25) is 4.79 Å². The minimum Gasteiger partial charge on any atom is -0.396 e. The lowest BCUT2D eigenvalue weighted by molar-refractivity contribution is -0.131. The standard InChI is InChI=1S/C15H22N4O2/c16-9-12-3-4-13(10-17)19(12)14(21)11-18-15(7-8-20)5-1-2-6-15/h12-13,18,20H,1-8,11H2/t12-,13+. The molecule has 1 heterocycles. The second-order valence-corrected chi connectivity index (χ2v) is 5.98. The monoisotopic (exact) mass is 290 g/mol. The number of carbonyl (C=O) groups excluding carboxylic acids is 1. The molecule has 0 aromatic rings. The largest absolute Gasteiger partial charge is 0.396 e. The number of aliphatic hydroxyl groups excluding tert-OH is 1. The van der Waals surface area contributed by atoms with Crippen LogP contribution in [0.5, 0.6) is 0 Å². The van der Waals surface area contributed by atoms with Gasteiger partial charge in [0.15, 0.2) is 0 Å². The molecule has 0 aromatic heterocycles. The lowest BCUT2D eigenvalue weighted by Gasteiger charge is -2.31. The van der Waals surface area contributed by atoms with E-state index in [1.54, 1.807) is 0 Å². The minimum absolute atomic E-state index is 0.104. The summed E-state index contributed by atoms with van der Waals surface area (Å²) in [5, 5.41) is 30.7. The van der Waals surface area contributed by atoms with Crippen molar-refractivity contribution in [1.29, 1.82) is 10.5 Å². The maximum atomic E-state index is 12.4. The Bertz CT molecular complexity index is 437. The number of aliphatic hydroxyl groups is 1. The average Bonchev–Trinajstić information content (AvgIpc) is 3.11. The Morgan fingerprint density at radius 2 is 1.81 bits per heavy atom. The van der Waals surface area contributed by atoms with Crippen LogP contribution in [-0.2, 0) is 4.79 Å². The van der Waals surface area contributed by atoms with Crippen molar-refractivity contribution in [2.75, 3.05) is 13.2 Å². The zero-order chi connectivity index (χ0) is 15.3. The van der Waals surface area contributed by atoms with Crippen LogP contribution < -0.4 is 5.32 Å². The smallest absolute Gasteiger partial charge is 0.238 e. The van der Waals surface area contributed by atoms with E-state index in [1.807, 2.05) is 0 Å². The van der Waals surface area contributed by atoms with E-state index in [0.717, 1.165) is 25.7 Å². The molecule has 0 aromatic carbocycles. The normalized spacial score (nSPS) is 27.3. The summed E-state index contributed by atoms with van der Waals surface area (Å²) >= 11 is 0. The number of carbonyl (C=O) groups is 1. The SMILES string of the molecule is N#C[C@@H]1CC[C@H](C#N)N1C(=O)CNC1(CCO)CCCC1. The highest BCUT2D eigenvalue weighted by atomic mass is 16.3. The van der Waals surface area contributed by atoms with E-state index < -0.39 is 12.1 Å². The van der Waals surface area contributed by atoms with Gasteiger partial charge in [-0.15, -0.1) is 0 Å². The van der Waals surface area contributed by atoms with Crippen LogP contribution in [0, 0.1) is 22.7 Å². The number of rotatable bonds is 5. The number of amides is 1. The fourth-order valence-electron chi connectivity index (χ4n) is 3.55. The average molecular weight is 290 g/mol. The summed E-state index contributed by atoms with van der Waals surface area (Å²) in [4.78, 5) is 13.8. The van der Waals surface area contributed by atoms with Crippen LogP contribution in [0.4, 0.5) is 0 Å². The van der Waals surface area contributed by atoms with Crippen molar-refractivity contribution >= 4 is 5.91 Å². The summed E-state index contributed by atoms with van der Waals surface area (Å²) in [6, 6.07) is 3.25. The summed E-state index contributed by atoms with van der Waals surface area (Å²) in [5.41, 5.74) is -0.158. The van der Waals surface area contributed by atoms with Gasteiger partial charge in [0.2, 0.25) is 5.91 Å². The van der Waals surface area contributed by atoms with Gasteiger partial charge >= 0.3 is 0 Å². The van der Waals surface area contributed by atoms with Crippen LogP contribution in [0.2, 0.25) is 0 Å². The van der Waals surface area contributed by atoms with Crippen molar-refractivity contribution in [1.82, 2.24) is 10.2 Å². The number of hydrogen-bond donors (Lipinski definition) is 2. The van der Waals surface area contributed by atoms with E-state index in [0.29, 0.717) is 19.3 Å². The van der Waals surface area contributed by atoms with E-state index in [1.165, 1.54) is 4.90 Å². The topological polar surface area (TPSA) is 100 Å². The first kappa shape index (κ1) is 15.8.